The molecule has 0 heterocycles. The maximum absolute atomic E-state index is 11.6. The van der Waals surface area contributed by atoms with Gasteiger partial charge in [-0.25, -0.2) is 0 Å². The van der Waals surface area contributed by atoms with Crippen molar-refractivity contribution in [1.29, 1.82) is 0 Å². The molecular formula is C14H22Cl2N2O. The molecule has 1 unspecified atom stereocenters. The molecule has 1 aromatic rings. The van der Waals surface area contributed by atoms with Crippen molar-refractivity contribution in [3.8, 4) is 0 Å². The number of halogens is 2. The van der Waals surface area contributed by atoms with Gasteiger partial charge in [0.05, 0.1) is 0 Å². The highest BCUT2D eigenvalue weighted by atomic mass is 35.5. The van der Waals surface area contributed by atoms with Crippen LogP contribution in [-0.2, 0) is 10.2 Å². The molecule has 0 saturated carbocycles. The molecule has 3 N–H and O–H groups in total. The number of nitrogens with two attached hydrogens (primary N) is 1. The highest BCUT2D eigenvalue weighted by Crippen LogP contribution is 2.28. The number of nitrogens with one attached hydrogen (secondary N) is 1. The molecule has 0 aliphatic carbocycles. The maximum Gasteiger partial charge on any atom is 0.221 e. The molecule has 1 amide bonds. The fourth-order valence-corrected chi connectivity index (χ4v) is 2.18. The summed E-state index contributed by atoms with van der Waals surface area (Å²) in [7, 11) is 0. The number of carbonyl (C=O) groups is 1. The standard InChI is InChI=1S/C14H21ClN2O.ClH/c1-10(16)8-13(18)17-9-14(2,3)11-6-4-5-7-12(11)15;/h4-7,10H,8-9,16H2,1-3H3,(H,17,18);1H. The molecule has 0 aliphatic heterocycles. The Kier molecular flexibility index (Phi) is 7.42. The molecule has 0 fully saturated rings. The summed E-state index contributed by atoms with van der Waals surface area (Å²) in [6, 6.07) is 7.58. The first kappa shape index (κ1) is 18.2. The van der Waals surface area contributed by atoms with E-state index in [2.05, 4.69) is 19.2 Å². The second-order valence-corrected chi connectivity index (χ2v) is 5.73. The van der Waals surface area contributed by atoms with Crippen LogP contribution in [0.2, 0.25) is 5.02 Å². The smallest absolute Gasteiger partial charge is 0.221 e. The van der Waals surface area contributed by atoms with E-state index in [1.165, 1.54) is 0 Å². The topological polar surface area (TPSA) is 55.1 Å². The maximum atomic E-state index is 11.6. The minimum absolute atomic E-state index is 0. The lowest BCUT2D eigenvalue weighted by atomic mass is 9.84. The molecule has 0 spiro atoms. The van der Waals surface area contributed by atoms with Gasteiger partial charge >= 0.3 is 0 Å². The Morgan fingerprint density at radius 2 is 2.00 bits per heavy atom. The predicted molar refractivity (Wildman–Crippen MR) is 83.0 cm³/mol. The number of hydrogen-bond acceptors (Lipinski definition) is 2. The van der Waals surface area contributed by atoms with Crippen molar-refractivity contribution in [1.82, 2.24) is 5.32 Å². The SMILES string of the molecule is CC(N)CC(=O)NCC(C)(C)c1ccccc1Cl.Cl. The zero-order valence-corrected chi connectivity index (χ0v) is 13.1. The summed E-state index contributed by atoms with van der Waals surface area (Å²) in [6.07, 6.45) is 0.346. The van der Waals surface area contributed by atoms with Crippen LogP contribution in [0.5, 0.6) is 0 Å². The van der Waals surface area contributed by atoms with Crippen molar-refractivity contribution < 1.29 is 4.79 Å². The fourth-order valence-electron chi connectivity index (χ4n) is 1.79. The third-order valence-corrected chi connectivity index (χ3v) is 3.17. The second-order valence-electron chi connectivity index (χ2n) is 5.32. The minimum atomic E-state index is -0.203. The van der Waals surface area contributed by atoms with Gasteiger partial charge in [-0.1, -0.05) is 43.6 Å². The number of carbonyl (C=O) groups excluding carboxylic acids is 1. The fraction of sp³-hybridized carbons (Fsp3) is 0.500. The normalized spacial score (nSPS) is 12.5. The average Bonchev–Trinajstić information content (AvgIpc) is 2.26. The zero-order valence-electron chi connectivity index (χ0n) is 11.6. The van der Waals surface area contributed by atoms with E-state index >= 15 is 0 Å². The summed E-state index contributed by atoms with van der Waals surface area (Å²) < 4.78 is 0. The van der Waals surface area contributed by atoms with Crippen molar-refractivity contribution in [2.24, 2.45) is 5.73 Å². The molecule has 1 atom stereocenters. The molecule has 108 valence electrons. The lowest BCUT2D eigenvalue weighted by Gasteiger charge is -2.26. The van der Waals surface area contributed by atoms with E-state index in [0.29, 0.717) is 13.0 Å². The molecule has 3 nitrogen and oxygen atoms in total. The summed E-state index contributed by atoms with van der Waals surface area (Å²) >= 11 is 6.18. The van der Waals surface area contributed by atoms with Crippen molar-refractivity contribution in [3.05, 3.63) is 34.9 Å². The Morgan fingerprint density at radius 1 is 1.42 bits per heavy atom. The van der Waals surface area contributed by atoms with E-state index in [4.69, 9.17) is 17.3 Å². The average molecular weight is 305 g/mol. The zero-order chi connectivity index (χ0) is 13.8. The number of amides is 1. The molecule has 0 aliphatic rings. The lowest BCUT2D eigenvalue weighted by molar-refractivity contribution is -0.121. The molecule has 5 heteroatoms. The van der Waals surface area contributed by atoms with Crippen LogP contribution in [0.25, 0.3) is 0 Å². The molecule has 19 heavy (non-hydrogen) atoms. The summed E-state index contributed by atoms with van der Waals surface area (Å²) in [4.78, 5) is 11.6. The van der Waals surface area contributed by atoms with Crippen LogP contribution >= 0.6 is 24.0 Å². The van der Waals surface area contributed by atoms with Crippen molar-refractivity contribution in [3.63, 3.8) is 0 Å². The highest BCUT2D eigenvalue weighted by molar-refractivity contribution is 6.31. The summed E-state index contributed by atoms with van der Waals surface area (Å²) in [5.41, 5.74) is 6.42. The van der Waals surface area contributed by atoms with Crippen molar-refractivity contribution >= 4 is 29.9 Å². The van der Waals surface area contributed by atoms with Gasteiger partial charge in [0.2, 0.25) is 5.91 Å². The first-order chi connectivity index (χ1) is 8.33. The molecular weight excluding hydrogens is 283 g/mol. The van der Waals surface area contributed by atoms with Gasteiger partial charge < -0.3 is 11.1 Å². The number of rotatable bonds is 5. The van der Waals surface area contributed by atoms with E-state index in [-0.39, 0.29) is 29.8 Å². The Morgan fingerprint density at radius 3 is 2.53 bits per heavy atom. The van der Waals surface area contributed by atoms with Gasteiger partial charge in [-0.05, 0) is 18.6 Å². The van der Waals surface area contributed by atoms with Gasteiger partial charge in [0, 0.05) is 29.4 Å². The van der Waals surface area contributed by atoms with Crippen LogP contribution in [0.1, 0.15) is 32.8 Å². The van der Waals surface area contributed by atoms with Gasteiger partial charge in [-0.2, -0.15) is 0 Å². The van der Waals surface area contributed by atoms with E-state index in [1.807, 2.05) is 31.2 Å². The van der Waals surface area contributed by atoms with Crippen molar-refractivity contribution in [2.75, 3.05) is 6.54 Å². The van der Waals surface area contributed by atoms with Gasteiger partial charge in [0.1, 0.15) is 0 Å². The molecule has 0 bridgehead atoms. The Bertz CT molecular complexity index is 420. The van der Waals surface area contributed by atoms with E-state index in [0.717, 1.165) is 10.6 Å². The summed E-state index contributed by atoms with van der Waals surface area (Å²) in [5.74, 6) is -0.0230. The molecule has 0 aromatic heterocycles. The van der Waals surface area contributed by atoms with Crippen LogP contribution in [0, 0.1) is 0 Å². The highest BCUT2D eigenvalue weighted by Gasteiger charge is 2.23. The summed E-state index contributed by atoms with van der Waals surface area (Å²) in [6.45, 7) is 6.47. The number of benzene rings is 1. The van der Waals surface area contributed by atoms with Gasteiger partial charge in [-0.15, -0.1) is 12.4 Å². The first-order valence-electron chi connectivity index (χ1n) is 6.10. The van der Waals surface area contributed by atoms with Crippen LogP contribution in [0.3, 0.4) is 0 Å². The third-order valence-electron chi connectivity index (χ3n) is 2.84. The second kappa shape index (κ2) is 7.73. The van der Waals surface area contributed by atoms with E-state index in [9.17, 15) is 4.79 Å². The lowest BCUT2D eigenvalue weighted by Crippen LogP contribution is -2.38. The largest absolute Gasteiger partial charge is 0.355 e. The van der Waals surface area contributed by atoms with Crippen LogP contribution in [0.15, 0.2) is 24.3 Å². The minimum Gasteiger partial charge on any atom is -0.355 e. The predicted octanol–water partition coefficient (Wildman–Crippen LogP) is 2.89. The summed E-state index contributed by atoms with van der Waals surface area (Å²) in [5, 5.41) is 3.63. The van der Waals surface area contributed by atoms with Crippen molar-refractivity contribution in [2.45, 2.75) is 38.6 Å². The molecule has 0 radical (unpaired) electrons. The van der Waals surface area contributed by atoms with Crippen LogP contribution in [0.4, 0.5) is 0 Å². The van der Waals surface area contributed by atoms with Gasteiger partial charge in [0.15, 0.2) is 0 Å². The Balaban J connectivity index is 0.00000324. The van der Waals surface area contributed by atoms with E-state index < -0.39 is 0 Å². The van der Waals surface area contributed by atoms with Crippen LogP contribution < -0.4 is 11.1 Å². The quantitative estimate of drug-likeness (QED) is 0.879. The van der Waals surface area contributed by atoms with E-state index in [1.54, 1.807) is 0 Å². The number of hydrogen-bond donors (Lipinski definition) is 2. The first-order valence-corrected chi connectivity index (χ1v) is 6.48. The molecule has 1 rings (SSSR count). The third kappa shape index (κ3) is 5.81. The van der Waals surface area contributed by atoms with Crippen LogP contribution in [-0.4, -0.2) is 18.5 Å². The Hall–Kier alpha value is -0.770. The Labute approximate surface area is 126 Å². The van der Waals surface area contributed by atoms with Gasteiger partial charge in [-0.3, -0.25) is 4.79 Å². The van der Waals surface area contributed by atoms with Gasteiger partial charge in [0.25, 0.3) is 0 Å². The molecule has 1 aromatic carbocycles. The molecule has 0 saturated heterocycles. The monoisotopic (exact) mass is 304 g/mol.